The minimum absolute atomic E-state index is 0.0185. The van der Waals surface area contributed by atoms with Crippen molar-refractivity contribution in [3.63, 3.8) is 0 Å². The van der Waals surface area contributed by atoms with E-state index in [-0.39, 0.29) is 17.0 Å². The minimum atomic E-state index is -0.308. The molecule has 0 unspecified atom stereocenters. The summed E-state index contributed by atoms with van der Waals surface area (Å²) in [5.41, 5.74) is 4.28. The van der Waals surface area contributed by atoms with E-state index in [9.17, 15) is 9.59 Å². The Labute approximate surface area is 169 Å². The average Bonchev–Trinajstić information content (AvgIpc) is 3.05. The minimum Gasteiger partial charge on any atom is -0.361 e. The molecule has 0 fully saturated rings. The van der Waals surface area contributed by atoms with E-state index >= 15 is 0 Å². The summed E-state index contributed by atoms with van der Waals surface area (Å²) in [6.45, 7) is 6.59. The smallest absolute Gasteiger partial charge is 0.319 e. The van der Waals surface area contributed by atoms with Crippen LogP contribution >= 0.6 is 0 Å². The lowest BCUT2D eigenvalue weighted by molar-refractivity contribution is 0.251. The van der Waals surface area contributed by atoms with Crippen LogP contribution in [-0.2, 0) is 26.4 Å². The van der Waals surface area contributed by atoms with Crippen LogP contribution in [0, 0.1) is 12.3 Å². The molecule has 0 aliphatic heterocycles. The molecular weight excluding hydrogens is 368 g/mol. The number of nitrogens with one attached hydrogen (secondary N) is 2. The van der Waals surface area contributed by atoms with Crippen molar-refractivity contribution in [2.24, 2.45) is 12.5 Å². The van der Waals surface area contributed by atoms with E-state index in [1.54, 1.807) is 24.6 Å². The third kappa shape index (κ3) is 3.77. The van der Waals surface area contributed by atoms with Gasteiger partial charge in [-0.15, -0.1) is 0 Å². The Kier molecular flexibility index (Phi) is 4.68. The van der Waals surface area contributed by atoms with Gasteiger partial charge in [0, 0.05) is 35.7 Å². The second-order valence-corrected chi connectivity index (χ2v) is 8.64. The third-order valence-electron chi connectivity index (χ3n) is 5.71. The van der Waals surface area contributed by atoms with Crippen molar-refractivity contribution in [1.29, 1.82) is 0 Å². The maximum Gasteiger partial charge on any atom is 0.319 e. The van der Waals surface area contributed by atoms with Gasteiger partial charge < -0.3 is 19.7 Å². The van der Waals surface area contributed by atoms with E-state index in [1.165, 1.54) is 0 Å². The fourth-order valence-corrected chi connectivity index (χ4v) is 4.00. The molecule has 2 heterocycles. The molecule has 1 aliphatic carbocycles. The highest BCUT2D eigenvalue weighted by Gasteiger charge is 2.30. The lowest BCUT2D eigenvalue weighted by atomic mass is 9.76. The number of pyridine rings is 1. The number of aromatic nitrogens is 2. The number of rotatable bonds is 3. The predicted molar refractivity (Wildman–Crippen MR) is 112 cm³/mol. The van der Waals surface area contributed by atoms with Crippen LogP contribution in [0.2, 0.25) is 0 Å². The van der Waals surface area contributed by atoms with E-state index in [0.717, 1.165) is 47.2 Å². The Morgan fingerprint density at radius 1 is 1.31 bits per heavy atom. The number of carbonyl (C=O) groups excluding carboxylic acids is 1. The molecule has 29 heavy (non-hydrogen) atoms. The molecule has 0 atom stereocenters. The molecule has 0 bridgehead atoms. The number of anilines is 1. The van der Waals surface area contributed by atoms with Crippen molar-refractivity contribution in [3.8, 4) is 0 Å². The van der Waals surface area contributed by atoms with Gasteiger partial charge in [0.2, 0.25) is 0 Å². The fraction of sp³-hybridized carbons (Fsp3) is 0.409. The van der Waals surface area contributed by atoms with Gasteiger partial charge in [0.15, 0.2) is 0 Å². The van der Waals surface area contributed by atoms with Crippen LogP contribution in [-0.4, -0.2) is 15.8 Å². The molecule has 0 saturated carbocycles. The molecule has 0 spiro atoms. The first-order valence-electron chi connectivity index (χ1n) is 9.85. The number of hydrogen-bond acceptors (Lipinski definition) is 4. The van der Waals surface area contributed by atoms with Crippen LogP contribution in [0.1, 0.15) is 42.8 Å². The summed E-state index contributed by atoms with van der Waals surface area (Å²) >= 11 is 0. The summed E-state index contributed by atoms with van der Waals surface area (Å²) in [6, 6.07) is 7.02. The third-order valence-corrected chi connectivity index (χ3v) is 5.71. The van der Waals surface area contributed by atoms with Crippen LogP contribution in [0.25, 0.3) is 10.9 Å². The SMILES string of the molecule is Cc1cc2cc(NC(=O)NCc3noc4c3CC(C)(C)CC4)ccc2n(C)c1=O. The molecule has 7 nitrogen and oxygen atoms in total. The van der Waals surface area contributed by atoms with Crippen LogP contribution in [0.4, 0.5) is 10.5 Å². The molecule has 2 aromatic heterocycles. The molecule has 2 amide bonds. The first kappa shape index (κ1) is 19.2. The molecule has 3 aromatic rings. The van der Waals surface area contributed by atoms with E-state index in [1.807, 2.05) is 18.2 Å². The van der Waals surface area contributed by atoms with Gasteiger partial charge in [-0.25, -0.2) is 4.79 Å². The van der Waals surface area contributed by atoms with Gasteiger partial charge in [0.25, 0.3) is 5.56 Å². The Morgan fingerprint density at radius 3 is 2.90 bits per heavy atom. The highest BCUT2D eigenvalue weighted by Crippen LogP contribution is 2.36. The van der Waals surface area contributed by atoms with Gasteiger partial charge in [-0.05, 0) is 49.4 Å². The number of urea groups is 1. The van der Waals surface area contributed by atoms with Crippen molar-refractivity contribution in [3.05, 3.63) is 57.2 Å². The highest BCUT2D eigenvalue weighted by molar-refractivity contribution is 5.92. The standard InChI is InChI=1S/C22H26N4O3/c1-13-9-14-10-15(5-6-18(14)26(4)20(13)27)24-21(28)23-12-17-16-11-22(2,3)8-7-19(16)29-25-17/h5-6,9-10H,7-8,11-12H2,1-4H3,(H2,23,24,28). The summed E-state index contributed by atoms with van der Waals surface area (Å²) in [6.07, 6.45) is 2.88. The maximum atomic E-state index is 12.4. The van der Waals surface area contributed by atoms with Crippen LogP contribution in [0.3, 0.4) is 0 Å². The fourth-order valence-electron chi connectivity index (χ4n) is 4.00. The van der Waals surface area contributed by atoms with Gasteiger partial charge >= 0.3 is 6.03 Å². The zero-order chi connectivity index (χ0) is 20.8. The Bertz CT molecular complexity index is 1160. The Balaban J connectivity index is 1.45. The Morgan fingerprint density at radius 2 is 2.10 bits per heavy atom. The molecule has 1 aliphatic rings. The van der Waals surface area contributed by atoms with Crippen molar-refractivity contribution in [2.45, 2.75) is 46.6 Å². The van der Waals surface area contributed by atoms with Crippen LogP contribution < -0.4 is 16.2 Å². The summed E-state index contributed by atoms with van der Waals surface area (Å²) < 4.78 is 7.08. The van der Waals surface area contributed by atoms with Crippen LogP contribution in [0.15, 0.2) is 33.6 Å². The largest absolute Gasteiger partial charge is 0.361 e. The van der Waals surface area contributed by atoms with Crippen molar-refractivity contribution < 1.29 is 9.32 Å². The number of amides is 2. The average molecular weight is 394 g/mol. The lowest BCUT2D eigenvalue weighted by Gasteiger charge is -2.28. The number of carbonyl (C=O) groups is 1. The van der Waals surface area contributed by atoms with Gasteiger partial charge in [-0.2, -0.15) is 0 Å². The zero-order valence-electron chi connectivity index (χ0n) is 17.3. The zero-order valence-corrected chi connectivity index (χ0v) is 17.3. The number of nitrogens with zero attached hydrogens (tertiary/aromatic N) is 2. The summed E-state index contributed by atoms with van der Waals surface area (Å²) in [4.78, 5) is 24.4. The van der Waals surface area contributed by atoms with Crippen molar-refractivity contribution >= 4 is 22.6 Å². The molecule has 1 aromatic carbocycles. The van der Waals surface area contributed by atoms with E-state index < -0.39 is 0 Å². The predicted octanol–water partition coefficient (Wildman–Crippen LogP) is 3.67. The van der Waals surface area contributed by atoms with Gasteiger partial charge in [-0.3, -0.25) is 4.79 Å². The number of benzene rings is 1. The molecular formula is C22H26N4O3. The monoisotopic (exact) mass is 394 g/mol. The summed E-state index contributed by atoms with van der Waals surface area (Å²) in [5, 5.41) is 10.8. The molecule has 7 heteroatoms. The second kappa shape index (κ2) is 7.06. The van der Waals surface area contributed by atoms with Crippen molar-refractivity contribution in [1.82, 2.24) is 15.0 Å². The van der Waals surface area contributed by atoms with E-state index in [2.05, 4.69) is 29.6 Å². The summed E-state index contributed by atoms with van der Waals surface area (Å²) in [5.74, 6) is 0.942. The number of fused-ring (bicyclic) bond motifs is 2. The maximum absolute atomic E-state index is 12.4. The highest BCUT2D eigenvalue weighted by atomic mass is 16.5. The van der Waals surface area contributed by atoms with Gasteiger partial charge in [0.05, 0.1) is 12.1 Å². The van der Waals surface area contributed by atoms with Gasteiger partial charge in [-0.1, -0.05) is 19.0 Å². The molecule has 0 saturated heterocycles. The van der Waals surface area contributed by atoms with Crippen LogP contribution in [0.5, 0.6) is 0 Å². The van der Waals surface area contributed by atoms with Crippen molar-refractivity contribution in [2.75, 3.05) is 5.32 Å². The first-order valence-corrected chi connectivity index (χ1v) is 9.85. The normalized spacial score (nSPS) is 15.2. The first-order chi connectivity index (χ1) is 13.7. The number of hydrogen-bond donors (Lipinski definition) is 2. The quantitative estimate of drug-likeness (QED) is 0.709. The topological polar surface area (TPSA) is 89.2 Å². The lowest BCUT2D eigenvalue weighted by Crippen LogP contribution is -2.29. The van der Waals surface area contributed by atoms with E-state index in [0.29, 0.717) is 17.8 Å². The molecule has 4 rings (SSSR count). The second-order valence-electron chi connectivity index (χ2n) is 8.64. The molecule has 2 N–H and O–H groups in total. The number of aryl methyl sites for hydroxylation is 3. The molecule has 0 radical (unpaired) electrons. The van der Waals surface area contributed by atoms with E-state index in [4.69, 9.17) is 4.52 Å². The molecule has 152 valence electrons. The van der Waals surface area contributed by atoms with Gasteiger partial charge in [0.1, 0.15) is 11.5 Å². The summed E-state index contributed by atoms with van der Waals surface area (Å²) in [7, 11) is 1.75. The Hall–Kier alpha value is -3.09.